The van der Waals surface area contributed by atoms with Crippen LogP contribution in [0.5, 0.6) is 0 Å². The molecular formula is C25H31Cl2NO6S2. The van der Waals surface area contributed by atoms with Crippen LogP contribution in [0.3, 0.4) is 0 Å². The molecule has 0 aliphatic rings. The number of carbonyl (C=O) groups is 2. The molecule has 7 nitrogen and oxygen atoms in total. The van der Waals surface area contributed by atoms with E-state index in [0.29, 0.717) is 4.90 Å². The SMILES string of the molecule is Cc1ccc(S(=O)(=O)N[C@H](C(=O)OC(C)(C)C)[C@H](Sc2c(Cl)cccc2Cl)C(=O)OC(C)(C)C)cc1. The summed E-state index contributed by atoms with van der Waals surface area (Å²) in [5, 5.41) is -0.965. The number of sulfonamides is 1. The summed E-state index contributed by atoms with van der Waals surface area (Å²) in [5.41, 5.74) is -1.03. The van der Waals surface area contributed by atoms with E-state index in [-0.39, 0.29) is 14.9 Å². The van der Waals surface area contributed by atoms with Crippen LogP contribution >= 0.6 is 35.0 Å². The maximum absolute atomic E-state index is 13.4. The number of rotatable bonds is 8. The minimum atomic E-state index is -4.25. The molecule has 0 saturated heterocycles. The molecule has 2 aromatic carbocycles. The van der Waals surface area contributed by atoms with Crippen LogP contribution in [0.25, 0.3) is 0 Å². The Morgan fingerprint density at radius 3 is 1.81 bits per heavy atom. The van der Waals surface area contributed by atoms with Gasteiger partial charge < -0.3 is 9.47 Å². The number of nitrogens with one attached hydrogen (secondary N) is 1. The third kappa shape index (κ3) is 8.95. The molecule has 0 spiro atoms. The third-order valence-electron chi connectivity index (χ3n) is 4.38. The Morgan fingerprint density at radius 1 is 0.861 bits per heavy atom. The average molecular weight is 577 g/mol. The summed E-state index contributed by atoms with van der Waals surface area (Å²) in [4.78, 5) is 27.0. The van der Waals surface area contributed by atoms with Gasteiger partial charge in [-0.1, -0.05) is 47.0 Å². The maximum Gasteiger partial charge on any atom is 0.326 e. The number of hydrogen-bond donors (Lipinski definition) is 1. The van der Waals surface area contributed by atoms with Crippen molar-refractivity contribution in [3.05, 3.63) is 58.1 Å². The van der Waals surface area contributed by atoms with Crippen LogP contribution < -0.4 is 4.72 Å². The summed E-state index contributed by atoms with van der Waals surface area (Å²) in [7, 11) is -4.25. The topological polar surface area (TPSA) is 98.8 Å². The van der Waals surface area contributed by atoms with E-state index in [0.717, 1.165) is 17.3 Å². The largest absolute Gasteiger partial charge is 0.459 e. The molecule has 0 unspecified atom stereocenters. The molecule has 0 fully saturated rings. The van der Waals surface area contributed by atoms with Crippen molar-refractivity contribution in [2.75, 3.05) is 0 Å². The van der Waals surface area contributed by atoms with E-state index < -0.39 is 44.5 Å². The fourth-order valence-corrected chi connectivity index (χ4v) is 5.91. The Morgan fingerprint density at radius 2 is 1.33 bits per heavy atom. The van der Waals surface area contributed by atoms with Crippen molar-refractivity contribution in [1.29, 1.82) is 0 Å². The normalized spacial score (nSPS) is 14.1. The zero-order valence-corrected chi connectivity index (χ0v) is 24.4. The Balaban J connectivity index is 2.63. The van der Waals surface area contributed by atoms with Gasteiger partial charge in [0.05, 0.1) is 14.9 Å². The van der Waals surface area contributed by atoms with Crippen LogP contribution in [0.1, 0.15) is 47.1 Å². The predicted octanol–water partition coefficient (Wildman–Crippen LogP) is 5.79. The fourth-order valence-electron chi connectivity index (χ4n) is 2.89. The van der Waals surface area contributed by atoms with Crippen LogP contribution in [-0.4, -0.2) is 42.9 Å². The number of halogens is 2. The molecular weight excluding hydrogens is 545 g/mol. The van der Waals surface area contributed by atoms with Crippen LogP contribution in [0.2, 0.25) is 10.0 Å². The van der Waals surface area contributed by atoms with Crippen LogP contribution in [0.15, 0.2) is 52.3 Å². The molecule has 198 valence electrons. The van der Waals surface area contributed by atoms with Gasteiger partial charge in [-0.25, -0.2) is 8.42 Å². The van der Waals surface area contributed by atoms with Gasteiger partial charge in [0.2, 0.25) is 10.0 Å². The summed E-state index contributed by atoms with van der Waals surface area (Å²) < 4.78 is 40.0. The number of hydrogen-bond acceptors (Lipinski definition) is 7. The Bertz CT molecular complexity index is 1180. The van der Waals surface area contributed by atoms with Crippen LogP contribution in [0.4, 0.5) is 0 Å². The predicted molar refractivity (Wildman–Crippen MR) is 143 cm³/mol. The van der Waals surface area contributed by atoms with Crippen molar-refractivity contribution < 1.29 is 27.5 Å². The number of thioether (sulfide) groups is 1. The molecule has 2 rings (SSSR count). The Kier molecular flexibility index (Phi) is 9.92. The zero-order valence-electron chi connectivity index (χ0n) is 21.2. The van der Waals surface area contributed by atoms with Gasteiger partial charge in [-0.05, 0) is 72.7 Å². The molecule has 0 heterocycles. The van der Waals surface area contributed by atoms with Crippen LogP contribution in [-0.2, 0) is 29.1 Å². The van der Waals surface area contributed by atoms with Gasteiger partial charge in [-0.3, -0.25) is 9.59 Å². The maximum atomic E-state index is 13.4. The highest BCUT2D eigenvalue weighted by atomic mass is 35.5. The summed E-state index contributed by atoms with van der Waals surface area (Å²) in [6.45, 7) is 11.7. The molecule has 2 aromatic rings. The second-order valence-corrected chi connectivity index (χ2v) is 13.7. The number of aryl methyl sites for hydroxylation is 1. The zero-order chi connectivity index (χ0) is 27.5. The first-order valence-electron chi connectivity index (χ1n) is 11.0. The molecule has 0 radical (unpaired) electrons. The van der Waals surface area contributed by atoms with Gasteiger partial charge in [-0.15, -0.1) is 11.8 Å². The van der Waals surface area contributed by atoms with E-state index in [4.69, 9.17) is 32.7 Å². The van der Waals surface area contributed by atoms with Crippen molar-refractivity contribution in [2.24, 2.45) is 0 Å². The third-order valence-corrected chi connectivity index (χ3v) is 8.08. The molecule has 0 bridgehead atoms. The lowest BCUT2D eigenvalue weighted by atomic mass is 10.1. The number of ether oxygens (including phenoxy) is 2. The van der Waals surface area contributed by atoms with Crippen molar-refractivity contribution >= 4 is 56.9 Å². The Labute approximate surface area is 227 Å². The molecule has 0 aliphatic carbocycles. The highest BCUT2D eigenvalue weighted by Gasteiger charge is 2.43. The quantitative estimate of drug-likeness (QED) is 0.314. The first-order valence-corrected chi connectivity index (χ1v) is 14.2. The smallest absolute Gasteiger partial charge is 0.326 e. The van der Waals surface area contributed by atoms with E-state index in [1.807, 2.05) is 6.92 Å². The Hall–Kier alpha value is -1.78. The van der Waals surface area contributed by atoms with E-state index in [9.17, 15) is 18.0 Å². The highest BCUT2D eigenvalue weighted by molar-refractivity contribution is 8.01. The summed E-state index contributed by atoms with van der Waals surface area (Å²) in [6.07, 6.45) is 0. The second kappa shape index (κ2) is 11.7. The summed E-state index contributed by atoms with van der Waals surface area (Å²) in [5.74, 6) is -1.80. The molecule has 0 aromatic heterocycles. The molecule has 36 heavy (non-hydrogen) atoms. The fraction of sp³-hybridized carbons (Fsp3) is 0.440. The van der Waals surface area contributed by atoms with E-state index in [1.54, 1.807) is 71.9 Å². The minimum Gasteiger partial charge on any atom is -0.459 e. The highest BCUT2D eigenvalue weighted by Crippen LogP contribution is 2.39. The van der Waals surface area contributed by atoms with Gasteiger partial charge in [-0.2, -0.15) is 4.72 Å². The number of carbonyl (C=O) groups excluding carboxylic acids is 2. The molecule has 11 heteroatoms. The van der Waals surface area contributed by atoms with Crippen molar-refractivity contribution in [1.82, 2.24) is 4.72 Å². The summed E-state index contributed by atoms with van der Waals surface area (Å²) in [6, 6.07) is 9.17. The van der Waals surface area contributed by atoms with E-state index >= 15 is 0 Å². The van der Waals surface area contributed by atoms with Gasteiger partial charge in [0.15, 0.2) is 0 Å². The second-order valence-electron chi connectivity index (χ2n) is 10.1. The van der Waals surface area contributed by atoms with Crippen molar-refractivity contribution in [3.8, 4) is 0 Å². The minimum absolute atomic E-state index is 0.0784. The standard InChI is InChI=1S/C25H31Cl2NO6S2/c1-15-11-13-16(14-12-15)36(31,32)28-19(22(29)33-24(2,3)4)21(23(30)34-25(5,6)7)35-20-17(26)9-8-10-18(20)27/h8-14,19,21,28H,1-7H3/t19-,21-/m0/s1. The van der Waals surface area contributed by atoms with Gasteiger partial charge in [0.25, 0.3) is 0 Å². The number of esters is 2. The molecule has 2 atom stereocenters. The van der Waals surface area contributed by atoms with Gasteiger partial charge in [0, 0.05) is 4.90 Å². The average Bonchev–Trinajstić information content (AvgIpc) is 2.70. The number of benzene rings is 2. The first-order chi connectivity index (χ1) is 16.4. The van der Waals surface area contributed by atoms with Crippen LogP contribution in [0, 0.1) is 6.92 Å². The molecule has 0 saturated carbocycles. The lowest BCUT2D eigenvalue weighted by Crippen LogP contribution is -2.53. The van der Waals surface area contributed by atoms with E-state index in [1.165, 1.54) is 12.1 Å². The molecule has 1 N–H and O–H groups in total. The van der Waals surface area contributed by atoms with Crippen molar-refractivity contribution in [3.63, 3.8) is 0 Å². The summed E-state index contributed by atoms with van der Waals surface area (Å²) >= 11 is 13.5. The first kappa shape index (κ1) is 30.4. The monoisotopic (exact) mass is 575 g/mol. The van der Waals surface area contributed by atoms with Gasteiger partial charge in [0.1, 0.15) is 22.5 Å². The molecule has 0 aliphatic heterocycles. The van der Waals surface area contributed by atoms with Gasteiger partial charge >= 0.3 is 11.9 Å². The lowest BCUT2D eigenvalue weighted by molar-refractivity contribution is -0.163. The van der Waals surface area contributed by atoms with E-state index in [2.05, 4.69) is 4.72 Å². The lowest BCUT2D eigenvalue weighted by Gasteiger charge is -2.30. The van der Waals surface area contributed by atoms with Crippen molar-refractivity contribution in [2.45, 2.75) is 80.8 Å². The molecule has 0 amide bonds.